The van der Waals surface area contributed by atoms with Gasteiger partial charge in [-0.05, 0) is 38.6 Å². The maximum atomic E-state index is 12.1. The molecule has 1 fully saturated rings. The molecule has 1 saturated heterocycles. The molecule has 1 atom stereocenters. The topological polar surface area (TPSA) is 32.3 Å². The van der Waals surface area contributed by atoms with E-state index in [-0.39, 0.29) is 11.9 Å². The van der Waals surface area contributed by atoms with Crippen LogP contribution in [0.2, 0.25) is 0 Å². The van der Waals surface area contributed by atoms with Gasteiger partial charge >= 0.3 is 0 Å². The zero-order chi connectivity index (χ0) is 12.5. The van der Waals surface area contributed by atoms with Crippen molar-refractivity contribution in [3.63, 3.8) is 0 Å². The van der Waals surface area contributed by atoms with Crippen LogP contribution in [0, 0.1) is 0 Å². The van der Waals surface area contributed by atoms with E-state index in [1.165, 1.54) is 25.7 Å². The molecule has 3 nitrogen and oxygen atoms in total. The van der Waals surface area contributed by atoms with Crippen molar-refractivity contribution in [2.45, 2.75) is 51.0 Å². The summed E-state index contributed by atoms with van der Waals surface area (Å²) in [6.45, 7) is 5.58. The first-order chi connectivity index (χ1) is 8.25. The molecule has 0 bridgehead atoms. The SMILES string of the molecule is C=CCCCCCN(C)C(=O)C1CCCCN1. The Balaban J connectivity index is 2.14. The van der Waals surface area contributed by atoms with Crippen LogP contribution < -0.4 is 5.32 Å². The van der Waals surface area contributed by atoms with Crippen molar-refractivity contribution in [1.82, 2.24) is 10.2 Å². The van der Waals surface area contributed by atoms with Crippen LogP contribution in [0.4, 0.5) is 0 Å². The summed E-state index contributed by atoms with van der Waals surface area (Å²) in [4.78, 5) is 14.0. The minimum absolute atomic E-state index is 0.0712. The highest BCUT2D eigenvalue weighted by Crippen LogP contribution is 2.10. The average Bonchev–Trinajstić information content (AvgIpc) is 2.38. The third-order valence-electron chi connectivity index (χ3n) is 3.39. The Morgan fingerprint density at radius 3 is 2.88 bits per heavy atom. The Labute approximate surface area is 105 Å². The summed E-state index contributed by atoms with van der Waals surface area (Å²) >= 11 is 0. The van der Waals surface area contributed by atoms with E-state index in [2.05, 4.69) is 11.9 Å². The second-order valence-electron chi connectivity index (χ2n) is 4.90. The maximum absolute atomic E-state index is 12.1. The van der Waals surface area contributed by atoms with Crippen molar-refractivity contribution < 1.29 is 4.79 Å². The Hall–Kier alpha value is -0.830. The molecule has 0 aromatic carbocycles. The van der Waals surface area contributed by atoms with Crippen molar-refractivity contribution >= 4 is 5.91 Å². The molecule has 0 saturated carbocycles. The number of nitrogens with zero attached hydrogens (tertiary/aromatic N) is 1. The number of carbonyl (C=O) groups is 1. The van der Waals surface area contributed by atoms with E-state index in [1.807, 2.05) is 18.0 Å². The molecular formula is C14H26N2O. The molecule has 1 aliphatic heterocycles. The van der Waals surface area contributed by atoms with Crippen LogP contribution in [0.25, 0.3) is 0 Å². The molecule has 1 amide bonds. The van der Waals surface area contributed by atoms with Gasteiger partial charge < -0.3 is 10.2 Å². The van der Waals surface area contributed by atoms with Crippen molar-refractivity contribution in [1.29, 1.82) is 0 Å². The number of amides is 1. The molecule has 0 spiro atoms. The average molecular weight is 238 g/mol. The lowest BCUT2D eigenvalue weighted by Gasteiger charge is -2.27. The summed E-state index contributed by atoms with van der Waals surface area (Å²) in [6, 6.07) is 0.0712. The van der Waals surface area contributed by atoms with Gasteiger partial charge in [0.25, 0.3) is 0 Å². The number of rotatable bonds is 7. The number of unbranched alkanes of at least 4 members (excludes halogenated alkanes) is 3. The van der Waals surface area contributed by atoms with E-state index in [0.717, 1.165) is 32.4 Å². The molecular weight excluding hydrogens is 212 g/mol. The van der Waals surface area contributed by atoms with Crippen LogP contribution in [-0.2, 0) is 4.79 Å². The summed E-state index contributed by atoms with van der Waals surface area (Å²) in [7, 11) is 1.92. The predicted octanol–water partition coefficient (Wildman–Crippen LogP) is 2.33. The standard InChI is InChI=1S/C14H26N2O/c1-3-4-5-6-9-12-16(2)14(17)13-10-7-8-11-15-13/h3,13,15H,1,4-12H2,2H3. The molecule has 0 aliphatic carbocycles. The number of allylic oxidation sites excluding steroid dienone is 1. The van der Waals surface area contributed by atoms with E-state index >= 15 is 0 Å². The largest absolute Gasteiger partial charge is 0.344 e. The number of carbonyl (C=O) groups excluding carboxylic acids is 1. The molecule has 1 aliphatic rings. The summed E-state index contributed by atoms with van der Waals surface area (Å²) < 4.78 is 0. The number of hydrogen-bond acceptors (Lipinski definition) is 2. The van der Waals surface area contributed by atoms with Crippen molar-refractivity contribution in [2.24, 2.45) is 0 Å². The number of hydrogen-bond donors (Lipinski definition) is 1. The van der Waals surface area contributed by atoms with Gasteiger partial charge in [0, 0.05) is 13.6 Å². The van der Waals surface area contributed by atoms with Gasteiger partial charge in [-0.1, -0.05) is 18.9 Å². The van der Waals surface area contributed by atoms with Gasteiger partial charge in [-0.3, -0.25) is 4.79 Å². The van der Waals surface area contributed by atoms with Gasteiger partial charge in [0.1, 0.15) is 0 Å². The smallest absolute Gasteiger partial charge is 0.239 e. The minimum Gasteiger partial charge on any atom is -0.344 e. The fourth-order valence-electron chi connectivity index (χ4n) is 2.25. The van der Waals surface area contributed by atoms with Crippen LogP contribution in [0.5, 0.6) is 0 Å². The highest BCUT2D eigenvalue weighted by atomic mass is 16.2. The maximum Gasteiger partial charge on any atom is 0.239 e. The Morgan fingerprint density at radius 1 is 1.41 bits per heavy atom. The lowest BCUT2D eigenvalue weighted by atomic mass is 10.0. The van der Waals surface area contributed by atoms with Crippen LogP contribution in [0.1, 0.15) is 44.9 Å². The third kappa shape index (κ3) is 5.35. The fraction of sp³-hybridized carbons (Fsp3) is 0.786. The summed E-state index contributed by atoms with van der Waals surface area (Å²) in [5.74, 6) is 0.272. The van der Waals surface area contributed by atoms with Gasteiger partial charge in [0.2, 0.25) is 5.91 Å². The number of nitrogens with one attached hydrogen (secondary N) is 1. The normalized spacial score (nSPS) is 19.9. The number of piperidine rings is 1. The van der Waals surface area contributed by atoms with Gasteiger partial charge in [-0.15, -0.1) is 6.58 Å². The minimum atomic E-state index is 0.0712. The molecule has 1 unspecified atom stereocenters. The summed E-state index contributed by atoms with van der Waals surface area (Å²) in [5.41, 5.74) is 0. The third-order valence-corrected chi connectivity index (χ3v) is 3.39. The van der Waals surface area contributed by atoms with E-state index in [1.54, 1.807) is 0 Å². The van der Waals surface area contributed by atoms with Crippen LogP contribution in [0.3, 0.4) is 0 Å². The molecule has 1 N–H and O–H groups in total. The van der Waals surface area contributed by atoms with Crippen LogP contribution in [-0.4, -0.2) is 37.0 Å². The summed E-state index contributed by atoms with van der Waals surface area (Å²) in [6.07, 6.45) is 9.89. The Bertz CT molecular complexity index is 234. The quantitative estimate of drug-likeness (QED) is 0.545. The lowest BCUT2D eigenvalue weighted by molar-refractivity contribution is -0.132. The highest BCUT2D eigenvalue weighted by molar-refractivity contribution is 5.81. The summed E-state index contributed by atoms with van der Waals surface area (Å²) in [5, 5.41) is 3.31. The van der Waals surface area contributed by atoms with Crippen molar-refractivity contribution in [2.75, 3.05) is 20.1 Å². The van der Waals surface area contributed by atoms with E-state index < -0.39 is 0 Å². The second kappa shape index (κ2) is 8.29. The van der Waals surface area contributed by atoms with Crippen LogP contribution >= 0.6 is 0 Å². The Kier molecular flexibility index (Phi) is 6.94. The zero-order valence-electron chi connectivity index (χ0n) is 11.1. The lowest BCUT2D eigenvalue weighted by Crippen LogP contribution is -2.47. The molecule has 1 heterocycles. The first kappa shape index (κ1) is 14.2. The van der Waals surface area contributed by atoms with Crippen molar-refractivity contribution in [3.05, 3.63) is 12.7 Å². The van der Waals surface area contributed by atoms with Crippen molar-refractivity contribution in [3.8, 4) is 0 Å². The van der Waals surface area contributed by atoms with E-state index in [0.29, 0.717) is 0 Å². The first-order valence-corrected chi connectivity index (χ1v) is 6.85. The van der Waals surface area contributed by atoms with Gasteiger partial charge in [-0.25, -0.2) is 0 Å². The molecule has 3 heteroatoms. The van der Waals surface area contributed by atoms with Gasteiger partial charge in [0.05, 0.1) is 6.04 Å². The monoisotopic (exact) mass is 238 g/mol. The first-order valence-electron chi connectivity index (χ1n) is 6.85. The van der Waals surface area contributed by atoms with Crippen LogP contribution in [0.15, 0.2) is 12.7 Å². The van der Waals surface area contributed by atoms with Gasteiger partial charge in [-0.2, -0.15) is 0 Å². The molecule has 17 heavy (non-hydrogen) atoms. The van der Waals surface area contributed by atoms with E-state index in [9.17, 15) is 4.79 Å². The predicted molar refractivity (Wildman–Crippen MR) is 71.9 cm³/mol. The molecule has 1 rings (SSSR count). The molecule has 0 aromatic heterocycles. The fourth-order valence-corrected chi connectivity index (χ4v) is 2.25. The number of likely N-dealkylation sites (N-methyl/N-ethyl adjacent to an activating group) is 1. The highest BCUT2D eigenvalue weighted by Gasteiger charge is 2.22. The van der Waals surface area contributed by atoms with Gasteiger partial charge in [0.15, 0.2) is 0 Å². The second-order valence-corrected chi connectivity index (χ2v) is 4.90. The zero-order valence-corrected chi connectivity index (χ0v) is 11.1. The molecule has 0 aromatic rings. The Morgan fingerprint density at radius 2 is 2.24 bits per heavy atom. The van der Waals surface area contributed by atoms with E-state index in [4.69, 9.17) is 0 Å². The molecule has 98 valence electrons. The molecule has 0 radical (unpaired) electrons.